The van der Waals surface area contributed by atoms with E-state index >= 15 is 0 Å². The fraction of sp³-hybridized carbons (Fsp3) is 0.588. The predicted octanol–water partition coefficient (Wildman–Crippen LogP) is 1.89. The summed E-state index contributed by atoms with van der Waals surface area (Å²) in [4.78, 5) is 37.8. The van der Waals surface area contributed by atoms with Crippen LogP contribution >= 0.6 is 11.8 Å². The number of aryl methyl sites for hydroxylation is 1. The van der Waals surface area contributed by atoms with Gasteiger partial charge in [-0.2, -0.15) is 0 Å². The van der Waals surface area contributed by atoms with E-state index in [1.165, 1.54) is 22.9 Å². The van der Waals surface area contributed by atoms with Gasteiger partial charge in [0.1, 0.15) is 18.2 Å². The molecule has 1 aliphatic heterocycles. The molecule has 7 nitrogen and oxygen atoms in total. The molecule has 2 heterocycles. The highest BCUT2D eigenvalue weighted by molar-refractivity contribution is 7.99. The summed E-state index contributed by atoms with van der Waals surface area (Å²) in [6, 6.07) is -0.545. The van der Waals surface area contributed by atoms with Gasteiger partial charge in [0.2, 0.25) is 5.91 Å². The molecular formula is C17H24N2O5S. The number of aliphatic carboxylic acids is 1. The predicted molar refractivity (Wildman–Crippen MR) is 94.5 cm³/mol. The van der Waals surface area contributed by atoms with Crippen LogP contribution in [0.2, 0.25) is 0 Å². The maximum Gasteiger partial charge on any atom is 0.311 e. The first-order valence-corrected chi connectivity index (χ1v) is 9.42. The highest BCUT2D eigenvalue weighted by Gasteiger charge is 2.37. The molecule has 1 aromatic rings. The van der Waals surface area contributed by atoms with E-state index < -0.39 is 12.0 Å². The first-order chi connectivity index (χ1) is 11.8. The van der Waals surface area contributed by atoms with Crippen LogP contribution in [0.4, 0.5) is 0 Å². The normalized spacial score (nSPS) is 17.1. The minimum absolute atomic E-state index is 0.130. The molecule has 0 aliphatic carbocycles. The van der Waals surface area contributed by atoms with Gasteiger partial charge in [-0.1, -0.05) is 13.8 Å². The van der Waals surface area contributed by atoms with Crippen molar-refractivity contribution in [2.75, 3.05) is 18.2 Å². The van der Waals surface area contributed by atoms with Gasteiger partial charge in [0, 0.05) is 17.9 Å². The van der Waals surface area contributed by atoms with Gasteiger partial charge in [-0.25, -0.2) is 0 Å². The highest BCUT2D eigenvalue weighted by atomic mass is 32.2. The van der Waals surface area contributed by atoms with Crippen LogP contribution in [0.1, 0.15) is 41.9 Å². The van der Waals surface area contributed by atoms with Gasteiger partial charge in [0.05, 0.1) is 17.7 Å². The summed E-state index contributed by atoms with van der Waals surface area (Å²) in [6.45, 7) is 6.44. The number of carboxylic acids is 1. The molecule has 25 heavy (non-hydrogen) atoms. The molecule has 8 heteroatoms. The van der Waals surface area contributed by atoms with E-state index in [1.807, 2.05) is 0 Å². The summed E-state index contributed by atoms with van der Waals surface area (Å²) < 4.78 is 5.24. The third-order valence-electron chi connectivity index (χ3n) is 4.04. The third kappa shape index (κ3) is 4.78. The maximum atomic E-state index is 12.9. The molecule has 0 saturated carbocycles. The number of nitrogens with one attached hydrogen (secondary N) is 1. The van der Waals surface area contributed by atoms with Crippen molar-refractivity contribution in [3.8, 4) is 0 Å². The van der Waals surface area contributed by atoms with Crippen LogP contribution in [-0.2, 0) is 16.0 Å². The summed E-state index contributed by atoms with van der Waals surface area (Å²) in [5.41, 5.74) is 0.835. The van der Waals surface area contributed by atoms with Crippen molar-refractivity contribution in [2.45, 2.75) is 39.7 Å². The van der Waals surface area contributed by atoms with Crippen molar-refractivity contribution in [1.29, 1.82) is 0 Å². The van der Waals surface area contributed by atoms with Crippen molar-refractivity contribution in [1.82, 2.24) is 10.2 Å². The minimum Gasteiger partial charge on any atom is -0.481 e. The largest absolute Gasteiger partial charge is 0.481 e. The van der Waals surface area contributed by atoms with E-state index in [9.17, 15) is 14.4 Å². The van der Waals surface area contributed by atoms with E-state index in [0.717, 1.165) is 6.42 Å². The van der Waals surface area contributed by atoms with Gasteiger partial charge < -0.3 is 19.7 Å². The SMILES string of the molecule is Cc1coc(CC(=O)O)c1C(=O)N1CSCC1C(=O)NCCC(C)C. The maximum absolute atomic E-state index is 12.9. The Bertz CT molecular complexity index is 655. The van der Waals surface area contributed by atoms with E-state index in [0.29, 0.717) is 29.7 Å². The number of hydrogen-bond acceptors (Lipinski definition) is 5. The van der Waals surface area contributed by atoms with Crippen LogP contribution < -0.4 is 5.32 Å². The zero-order chi connectivity index (χ0) is 18.6. The first kappa shape index (κ1) is 19.4. The molecule has 1 unspecified atom stereocenters. The standard InChI is InChI=1S/C17H24N2O5S/c1-10(2)4-5-18-16(22)12-8-25-9-19(12)17(23)15-11(3)7-24-13(15)6-14(20)21/h7,10,12H,4-6,8-9H2,1-3H3,(H,18,22)(H,20,21). The molecule has 2 N–H and O–H groups in total. The molecule has 0 aromatic carbocycles. The number of carbonyl (C=O) groups is 3. The van der Waals surface area contributed by atoms with Crippen LogP contribution in [0.15, 0.2) is 10.7 Å². The Labute approximate surface area is 151 Å². The fourth-order valence-electron chi connectivity index (χ4n) is 2.66. The highest BCUT2D eigenvalue weighted by Crippen LogP contribution is 2.27. The molecule has 1 saturated heterocycles. The van der Waals surface area contributed by atoms with E-state index in [2.05, 4.69) is 19.2 Å². The smallest absolute Gasteiger partial charge is 0.311 e. The molecule has 0 bridgehead atoms. The Hall–Kier alpha value is -1.96. The number of hydrogen-bond donors (Lipinski definition) is 2. The summed E-state index contributed by atoms with van der Waals surface area (Å²) >= 11 is 1.51. The zero-order valence-electron chi connectivity index (χ0n) is 14.7. The minimum atomic E-state index is -1.07. The Morgan fingerprint density at radius 1 is 1.44 bits per heavy atom. The van der Waals surface area contributed by atoms with Crippen molar-refractivity contribution in [3.63, 3.8) is 0 Å². The second-order valence-electron chi connectivity index (χ2n) is 6.55. The Morgan fingerprint density at radius 2 is 2.16 bits per heavy atom. The van der Waals surface area contributed by atoms with Crippen molar-refractivity contribution in [2.24, 2.45) is 5.92 Å². The molecule has 1 atom stereocenters. The lowest BCUT2D eigenvalue weighted by atomic mass is 10.1. The Balaban J connectivity index is 2.11. The molecule has 0 spiro atoms. The molecule has 138 valence electrons. The monoisotopic (exact) mass is 368 g/mol. The van der Waals surface area contributed by atoms with Crippen LogP contribution in [0, 0.1) is 12.8 Å². The van der Waals surface area contributed by atoms with Crippen molar-refractivity contribution >= 4 is 29.5 Å². The first-order valence-electron chi connectivity index (χ1n) is 8.26. The van der Waals surface area contributed by atoms with Gasteiger partial charge >= 0.3 is 5.97 Å². The molecule has 2 amide bonds. The number of nitrogens with zero attached hydrogens (tertiary/aromatic N) is 1. The number of furan rings is 1. The third-order valence-corrected chi connectivity index (χ3v) is 5.06. The molecule has 0 radical (unpaired) electrons. The molecule has 1 aromatic heterocycles. The number of carboxylic acid groups (broad SMARTS) is 1. The number of thioether (sulfide) groups is 1. The van der Waals surface area contributed by atoms with Crippen molar-refractivity contribution < 1.29 is 23.9 Å². The average Bonchev–Trinajstić information content (AvgIpc) is 3.13. The molecule has 2 rings (SSSR count). The Morgan fingerprint density at radius 3 is 2.80 bits per heavy atom. The van der Waals surface area contributed by atoms with Gasteiger partial charge in [0.25, 0.3) is 5.91 Å². The van der Waals surface area contributed by atoms with E-state index in [-0.39, 0.29) is 29.6 Å². The average molecular weight is 368 g/mol. The molecule has 1 fully saturated rings. The second-order valence-corrected chi connectivity index (χ2v) is 7.55. The summed E-state index contributed by atoms with van der Waals surface area (Å²) in [6.07, 6.45) is 1.90. The van der Waals surface area contributed by atoms with Crippen LogP contribution in [0.25, 0.3) is 0 Å². The summed E-state index contributed by atoms with van der Waals surface area (Å²) in [5.74, 6) is -0.0320. The van der Waals surface area contributed by atoms with Gasteiger partial charge in [-0.15, -0.1) is 11.8 Å². The zero-order valence-corrected chi connectivity index (χ0v) is 15.5. The van der Waals surface area contributed by atoms with Crippen LogP contribution in [-0.4, -0.2) is 52.0 Å². The van der Waals surface area contributed by atoms with Gasteiger partial charge in [-0.05, 0) is 19.3 Å². The van der Waals surface area contributed by atoms with Gasteiger partial charge in [-0.3, -0.25) is 14.4 Å². The topological polar surface area (TPSA) is 99.8 Å². The quantitative estimate of drug-likeness (QED) is 0.762. The second kappa shape index (κ2) is 8.42. The lowest BCUT2D eigenvalue weighted by molar-refractivity contribution is -0.136. The summed E-state index contributed by atoms with van der Waals surface area (Å²) in [7, 11) is 0. The van der Waals surface area contributed by atoms with Crippen LogP contribution in [0.3, 0.4) is 0 Å². The number of carbonyl (C=O) groups excluding carboxylic acids is 2. The van der Waals surface area contributed by atoms with E-state index in [1.54, 1.807) is 6.92 Å². The fourth-order valence-corrected chi connectivity index (χ4v) is 3.81. The molecular weight excluding hydrogens is 344 g/mol. The number of rotatable bonds is 7. The number of amides is 2. The lowest BCUT2D eigenvalue weighted by Gasteiger charge is -2.23. The van der Waals surface area contributed by atoms with Gasteiger partial charge in [0.15, 0.2) is 0 Å². The van der Waals surface area contributed by atoms with E-state index in [4.69, 9.17) is 9.52 Å². The lowest BCUT2D eigenvalue weighted by Crippen LogP contribution is -2.47. The summed E-state index contributed by atoms with van der Waals surface area (Å²) in [5, 5.41) is 11.9. The Kier molecular flexibility index (Phi) is 6.52. The van der Waals surface area contributed by atoms with Crippen molar-refractivity contribution in [3.05, 3.63) is 23.2 Å². The molecule has 1 aliphatic rings. The van der Waals surface area contributed by atoms with Crippen LogP contribution in [0.5, 0.6) is 0 Å².